The first-order chi connectivity index (χ1) is 10.9. The summed E-state index contributed by atoms with van der Waals surface area (Å²) in [5.74, 6) is -3.93. The zero-order chi connectivity index (χ0) is 16.7. The lowest BCUT2D eigenvalue weighted by atomic mass is 9.90. The van der Waals surface area contributed by atoms with Crippen LogP contribution in [0.15, 0.2) is 18.2 Å². The molecular formula is C17H19F2NO3. The van der Waals surface area contributed by atoms with Crippen LogP contribution in [-0.2, 0) is 9.59 Å². The molecule has 23 heavy (non-hydrogen) atoms. The molecule has 1 heterocycles. The Balaban J connectivity index is 1.70. The molecule has 0 aromatic heterocycles. The van der Waals surface area contributed by atoms with Crippen LogP contribution in [-0.4, -0.2) is 35.0 Å². The van der Waals surface area contributed by atoms with Gasteiger partial charge in [-0.05, 0) is 36.3 Å². The molecule has 1 aromatic rings. The van der Waals surface area contributed by atoms with E-state index in [-0.39, 0.29) is 35.8 Å². The van der Waals surface area contributed by atoms with Gasteiger partial charge in [-0.1, -0.05) is 19.1 Å². The molecule has 0 bridgehead atoms. The van der Waals surface area contributed by atoms with Crippen molar-refractivity contribution in [2.75, 3.05) is 13.1 Å². The molecule has 2 fully saturated rings. The highest BCUT2D eigenvalue weighted by molar-refractivity contribution is 5.84. The standard InChI is InChI=1S/C17H19F2NO3/c1-9-5-10(17(22)23)8-20(7-9)16(21)13-6-12(13)11-3-2-4-14(18)15(11)19/h2-4,9-10,12-13H,5-8H2,1H3,(H,22,23). The first kappa shape index (κ1) is 15.9. The number of carboxylic acids is 1. The minimum Gasteiger partial charge on any atom is -0.481 e. The number of carbonyl (C=O) groups excluding carboxylic acids is 1. The van der Waals surface area contributed by atoms with E-state index in [1.54, 1.807) is 4.90 Å². The Hall–Kier alpha value is -1.98. The number of carbonyl (C=O) groups is 2. The number of hydrogen-bond donors (Lipinski definition) is 1. The molecule has 1 amide bonds. The molecule has 4 nitrogen and oxygen atoms in total. The maximum absolute atomic E-state index is 13.8. The van der Waals surface area contributed by atoms with E-state index in [9.17, 15) is 23.5 Å². The van der Waals surface area contributed by atoms with Crippen LogP contribution >= 0.6 is 0 Å². The Labute approximate surface area is 133 Å². The molecule has 3 rings (SSSR count). The first-order valence-electron chi connectivity index (χ1n) is 7.84. The molecule has 6 heteroatoms. The SMILES string of the molecule is CC1CC(C(=O)O)CN(C(=O)C2CC2c2cccc(F)c2F)C1. The highest BCUT2D eigenvalue weighted by Gasteiger charge is 2.48. The maximum Gasteiger partial charge on any atom is 0.308 e. The van der Waals surface area contributed by atoms with Crippen molar-refractivity contribution in [3.8, 4) is 0 Å². The van der Waals surface area contributed by atoms with Crippen molar-refractivity contribution in [1.29, 1.82) is 0 Å². The van der Waals surface area contributed by atoms with E-state index in [0.717, 1.165) is 6.07 Å². The highest BCUT2D eigenvalue weighted by atomic mass is 19.2. The molecule has 0 spiro atoms. The Morgan fingerprint density at radius 3 is 2.65 bits per heavy atom. The number of piperidine rings is 1. The number of aliphatic carboxylic acids is 1. The third-order valence-corrected chi connectivity index (χ3v) is 4.81. The third-order valence-electron chi connectivity index (χ3n) is 4.81. The van der Waals surface area contributed by atoms with Gasteiger partial charge in [-0.2, -0.15) is 0 Å². The van der Waals surface area contributed by atoms with Crippen LogP contribution in [0.2, 0.25) is 0 Å². The Bertz CT molecular complexity index is 649. The van der Waals surface area contributed by atoms with E-state index >= 15 is 0 Å². The predicted molar refractivity (Wildman–Crippen MR) is 78.7 cm³/mol. The summed E-state index contributed by atoms with van der Waals surface area (Å²) in [6, 6.07) is 4.01. The van der Waals surface area contributed by atoms with Crippen LogP contribution in [0.1, 0.15) is 31.2 Å². The van der Waals surface area contributed by atoms with Crippen LogP contribution < -0.4 is 0 Å². The topological polar surface area (TPSA) is 57.6 Å². The molecular weight excluding hydrogens is 304 g/mol. The molecule has 2 aliphatic rings. The van der Waals surface area contributed by atoms with Gasteiger partial charge in [0.05, 0.1) is 5.92 Å². The van der Waals surface area contributed by atoms with Crippen molar-refractivity contribution in [2.24, 2.45) is 17.8 Å². The monoisotopic (exact) mass is 323 g/mol. The van der Waals surface area contributed by atoms with Gasteiger partial charge in [-0.3, -0.25) is 9.59 Å². The van der Waals surface area contributed by atoms with E-state index in [2.05, 4.69) is 0 Å². The molecule has 4 atom stereocenters. The lowest BCUT2D eigenvalue weighted by molar-refractivity contribution is -0.147. The van der Waals surface area contributed by atoms with Gasteiger partial charge in [0, 0.05) is 19.0 Å². The molecule has 1 N–H and O–H groups in total. The van der Waals surface area contributed by atoms with E-state index in [1.165, 1.54) is 12.1 Å². The van der Waals surface area contributed by atoms with E-state index in [4.69, 9.17) is 0 Å². The van der Waals surface area contributed by atoms with E-state index in [1.807, 2.05) is 6.92 Å². The molecule has 1 saturated heterocycles. The molecule has 124 valence electrons. The van der Waals surface area contributed by atoms with Crippen molar-refractivity contribution in [1.82, 2.24) is 4.90 Å². The fourth-order valence-electron chi connectivity index (χ4n) is 3.56. The van der Waals surface area contributed by atoms with Gasteiger partial charge in [0.25, 0.3) is 0 Å². The van der Waals surface area contributed by atoms with E-state index < -0.39 is 23.5 Å². The van der Waals surface area contributed by atoms with Gasteiger partial charge in [-0.15, -0.1) is 0 Å². The first-order valence-corrected chi connectivity index (χ1v) is 7.84. The minimum absolute atomic E-state index is 0.122. The number of likely N-dealkylation sites (tertiary alicyclic amines) is 1. The smallest absolute Gasteiger partial charge is 0.308 e. The summed E-state index contributed by atoms with van der Waals surface area (Å²) in [5, 5.41) is 9.18. The van der Waals surface area contributed by atoms with Crippen LogP contribution in [0.4, 0.5) is 8.78 Å². The normalized spacial score (nSPS) is 30.1. The van der Waals surface area contributed by atoms with Crippen LogP contribution in [0, 0.1) is 29.4 Å². The molecule has 1 aliphatic carbocycles. The third kappa shape index (κ3) is 3.07. The lowest BCUT2D eigenvalue weighted by Gasteiger charge is -2.35. The van der Waals surface area contributed by atoms with Gasteiger partial charge in [0.2, 0.25) is 5.91 Å². The van der Waals surface area contributed by atoms with Crippen LogP contribution in [0.3, 0.4) is 0 Å². The average molecular weight is 323 g/mol. The average Bonchev–Trinajstić information content (AvgIpc) is 3.29. The number of hydrogen-bond acceptors (Lipinski definition) is 2. The van der Waals surface area contributed by atoms with Gasteiger partial charge < -0.3 is 10.0 Å². The summed E-state index contributed by atoms with van der Waals surface area (Å²) in [7, 11) is 0. The fraction of sp³-hybridized carbons (Fsp3) is 0.529. The number of nitrogens with zero attached hydrogens (tertiary/aromatic N) is 1. The number of halogens is 2. The minimum atomic E-state index is -0.905. The zero-order valence-corrected chi connectivity index (χ0v) is 12.8. The second kappa shape index (κ2) is 5.91. The maximum atomic E-state index is 13.8. The van der Waals surface area contributed by atoms with Crippen LogP contribution in [0.25, 0.3) is 0 Å². The summed E-state index contributed by atoms with van der Waals surface area (Å²) < 4.78 is 27.1. The molecule has 4 unspecified atom stereocenters. The lowest BCUT2D eigenvalue weighted by Crippen LogP contribution is -2.46. The van der Waals surface area contributed by atoms with Gasteiger partial charge in [0.1, 0.15) is 0 Å². The molecule has 0 radical (unpaired) electrons. The van der Waals surface area contributed by atoms with Crippen molar-refractivity contribution in [3.05, 3.63) is 35.4 Å². The largest absolute Gasteiger partial charge is 0.481 e. The Kier molecular flexibility index (Phi) is 4.08. The number of amides is 1. The van der Waals surface area contributed by atoms with Crippen LogP contribution in [0.5, 0.6) is 0 Å². The Morgan fingerprint density at radius 2 is 1.96 bits per heavy atom. The molecule has 1 aromatic carbocycles. The van der Waals surface area contributed by atoms with Gasteiger partial charge in [0.15, 0.2) is 11.6 Å². The van der Waals surface area contributed by atoms with Crippen molar-refractivity contribution >= 4 is 11.9 Å². The summed E-state index contributed by atoms with van der Waals surface area (Å²) in [5.41, 5.74) is 0.239. The predicted octanol–water partition coefficient (Wildman–Crippen LogP) is 2.64. The van der Waals surface area contributed by atoms with Gasteiger partial charge in [-0.25, -0.2) is 8.78 Å². The second-order valence-corrected chi connectivity index (χ2v) is 6.71. The van der Waals surface area contributed by atoms with Crippen molar-refractivity contribution in [2.45, 2.75) is 25.7 Å². The zero-order valence-electron chi connectivity index (χ0n) is 12.8. The summed E-state index contributed by atoms with van der Waals surface area (Å²) >= 11 is 0. The quantitative estimate of drug-likeness (QED) is 0.930. The van der Waals surface area contributed by atoms with Crippen molar-refractivity contribution in [3.63, 3.8) is 0 Å². The summed E-state index contributed by atoms with van der Waals surface area (Å²) in [6.45, 7) is 2.65. The molecule has 1 aliphatic heterocycles. The van der Waals surface area contributed by atoms with Crippen molar-refractivity contribution < 1.29 is 23.5 Å². The summed E-state index contributed by atoms with van der Waals surface area (Å²) in [4.78, 5) is 25.3. The fourth-order valence-corrected chi connectivity index (χ4v) is 3.56. The number of rotatable bonds is 3. The molecule has 1 saturated carbocycles. The second-order valence-electron chi connectivity index (χ2n) is 6.71. The summed E-state index contributed by atoms with van der Waals surface area (Å²) in [6.07, 6.45) is 1.05. The number of benzene rings is 1. The van der Waals surface area contributed by atoms with E-state index in [0.29, 0.717) is 19.4 Å². The number of carboxylic acid groups (broad SMARTS) is 1. The highest BCUT2D eigenvalue weighted by Crippen LogP contribution is 2.49. The Morgan fingerprint density at radius 1 is 1.22 bits per heavy atom. The van der Waals surface area contributed by atoms with Gasteiger partial charge >= 0.3 is 5.97 Å².